The molecule has 2 rings (SSSR count). The zero-order chi connectivity index (χ0) is 27.6. The first-order chi connectivity index (χ1) is 17.1. The topological polar surface area (TPSA) is 31.3 Å². The number of morpholine rings is 1. The third kappa shape index (κ3) is 15.3. The molecule has 0 radical (unpaired) electrons. The van der Waals surface area contributed by atoms with Crippen molar-refractivity contribution in [3.8, 4) is 0 Å². The van der Waals surface area contributed by atoms with Crippen LogP contribution in [0.2, 0.25) is 0 Å². The van der Waals surface area contributed by atoms with Crippen molar-refractivity contribution >= 4 is 5.71 Å². The molecule has 208 valence electrons. The van der Waals surface area contributed by atoms with Gasteiger partial charge in [0.15, 0.2) is 0 Å². The summed E-state index contributed by atoms with van der Waals surface area (Å²) in [6.45, 7) is 25.9. The van der Waals surface area contributed by atoms with Crippen LogP contribution >= 0.6 is 0 Å². The van der Waals surface area contributed by atoms with Gasteiger partial charge >= 0.3 is 6.18 Å². The molecule has 0 spiro atoms. The molecule has 36 heavy (non-hydrogen) atoms. The highest BCUT2D eigenvalue weighted by molar-refractivity contribution is 5.93. The standard InChI is InChI=1S/C17H31N3O.C9H12F3N.C2H6/c1-4-17(15-16(2)3)20-9-7-18(8-10-20)5-6-19-11-13-21-14-12-19;1-4-5-8(3)13-6-7(2)9(10,11)12;1-2/h4,15H,5-14H2,1-3H3;4-6H,1-3H3;1-2H3/b17-4+;5-4-,7-6+,13-8-;. The Hall–Kier alpha value is -1.90. The monoisotopic (exact) mass is 514 g/mol. The van der Waals surface area contributed by atoms with Crippen molar-refractivity contribution in [2.24, 2.45) is 4.99 Å². The van der Waals surface area contributed by atoms with Crippen molar-refractivity contribution in [3.05, 3.63) is 47.3 Å². The second-order valence-electron chi connectivity index (χ2n) is 8.80. The van der Waals surface area contributed by atoms with Gasteiger partial charge in [-0.15, -0.1) is 0 Å². The van der Waals surface area contributed by atoms with Gasteiger partial charge in [0.2, 0.25) is 0 Å². The van der Waals surface area contributed by atoms with Crippen molar-refractivity contribution in [1.29, 1.82) is 0 Å². The van der Waals surface area contributed by atoms with Gasteiger partial charge in [-0.05, 0) is 53.7 Å². The van der Waals surface area contributed by atoms with Crippen molar-refractivity contribution in [1.82, 2.24) is 14.7 Å². The van der Waals surface area contributed by atoms with E-state index in [-0.39, 0.29) is 0 Å². The number of aliphatic imine (C=N–C) groups is 1. The first-order valence-electron chi connectivity index (χ1n) is 13.1. The minimum atomic E-state index is -4.28. The average molecular weight is 515 g/mol. The number of ether oxygens (including phenoxy) is 1. The Morgan fingerprint density at radius 3 is 1.83 bits per heavy atom. The lowest BCUT2D eigenvalue weighted by molar-refractivity contribution is -0.0914. The second-order valence-corrected chi connectivity index (χ2v) is 8.80. The van der Waals surface area contributed by atoms with Crippen LogP contribution in [0.15, 0.2) is 52.3 Å². The summed E-state index contributed by atoms with van der Waals surface area (Å²) in [6.07, 6.45) is 4.44. The zero-order valence-corrected chi connectivity index (χ0v) is 23.8. The van der Waals surface area contributed by atoms with Crippen molar-refractivity contribution < 1.29 is 17.9 Å². The molecular formula is C28H49F3N4O. The van der Waals surface area contributed by atoms with Gasteiger partial charge in [-0.25, -0.2) is 0 Å². The lowest BCUT2D eigenvalue weighted by Crippen LogP contribution is -2.48. The molecule has 5 nitrogen and oxygen atoms in total. The fraction of sp³-hybridized carbons (Fsp3) is 0.679. The number of nitrogens with zero attached hydrogens (tertiary/aromatic N) is 4. The van der Waals surface area contributed by atoms with E-state index in [4.69, 9.17) is 4.74 Å². The Labute approximate surface area is 218 Å². The van der Waals surface area contributed by atoms with E-state index in [2.05, 4.69) is 52.6 Å². The molecule has 0 aromatic carbocycles. The molecule has 0 saturated carbocycles. The van der Waals surface area contributed by atoms with Gasteiger partial charge in [-0.1, -0.05) is 31.6 Å². The second kappa shape index (κ2) is 19.2. The van der Waals surface area contributed by atoms with Crippen LogP contribution in [0.1, 0.15) is 55.4 Å². The Balaban J connectivity index is 0.000000706. The van der Waals surface area contributed by atoms with Crippen LogP contribution in [-0.2, 0) is 4.74 Å². The zero-order valence-electron chi connectivity index (χ0n) is 23.8. The fourth-order valence-corrected chi connectivity index (χ4v) is 3.55. The Morgan fingerprint density at radius 1 is 0.861 bits per heavy atom. The minimum Gasteiger partial charge on any atom is -0.379 e. The van der Waals surface area contributed by atoms with Crippen molar-refractivity contribution in [3.63, 3.8) is 0 Å². The van der Waals surface area contributed by atoms with Gasteiger partial charge in [-0.3, -0.25) is 14.8 Å². The molecule has 0 atom stereocenters. The van der Waals surface area contributed by atoms with E-state index in [0.717, 1.165) is 52.5 Å². The van der Waals surface area contributed by atoms with Crippen LogP contribution in [0, 0.1) is 0 Å². The molecule has 0 aromatic heterocycles. The number of piperazine rings is 1. The molecule has 2 saturated heterocycles. The highest BCUT2D eigenvalue weighted by atomic mass is 19.4. The normalized spacial score (nSPS) is 18.9. The maximum absolute atomic E-state index is 11.9. The summed E-state index contributed by atoms with van der Waals surface area (Å²) >= 11 is 0. The van der Waals surface area contributed by atoms with E-state index in [0.29, 0.717) is 5.71 Å². The SMILES string of the molecule is C/C=C(\C=C(C)C)N1CCN(CCN2CCOCC2)CC1.CC.C\C=C/C(C)=N\C=C(/C)C(F)(F)F. The average Bonchev–Trinajstić information content (AvgIpc) is 2.86. The smallest absolute Gasteiger partial charge is 0.379 e. The fourth-order valence-electron chi connectivity index (χ4n) is 3.55. The van der Waals surface area contributed by atoms with E-state index in [1.54, 1.807) is 26.0 Å². The summed E-state index contributed by atoms with van der Waals surface area (Å²) in [6, 6.07) is 0. The molecule has 2 heterocycles. The maximum Gasteiger partial charge on any atom is 0.413 e. The molecule has 0 unspecified atom stereocenters. The van der Waals surface area contributed by atoms with Crippen LogP contribution < -0.4 is 0 Å². The van der Waals surface area contributed by atoms with Gasteiger partial charge < -0.3 is 9.64 Å². The summed E-state index contributed by atoms with van der Waals surface area (Å²) in [5, 5.41) is 0. The molecule has 0 bridgehead atoms. The van der Waals surface area contributed by atoms with Crippen LogP contribution in [0.3, 0.4) is 0 Å². The van der Waals surface area contributed by atoms with Crippen molar-refractivity contribution in [2.75, 3.05) is 65.6 Å². The van der Waals surface area contributed by atoms with Crippen LogP contribution in [0.25, 0.3) is 0 Å². The van der Waals surface area contributed by atoms with Crippen LogP contribution in [0.5, 0.6) is 0 Å². The molecule has 2 aliphatic heterocycles. The van der Waals surface area contributed by atoms with Crippen LogP contribution in [0.4, 0.5) is 13.2 Å². The van der Waals surface area contributed by atoms with E-state index in [1.165, 1.54) is 37.4 Å². The summed E-state index contributed by atoms with van der Waals surface area (Å²) in [5.41, 5.74) is 2.60. The van der Waals surface area contributed by atoms with Crippen molar-refractivity contribution in [2.45, 2.75) is 61.6 Å². The first kappa shape index (κ1) is 34.1. The Kier molecular flexibility index (Phi) is 18.2. The summed E-state index contributed by atoms with van der Waals surface area (Å²) in [5.74, 6) is 0. The lowest BCUT2D eigenvalue weighted by atomic mass is 10.2. The Morgan fingerprint density at radius 2 is 1.39 bits per heavy atom. The van der Waals surface area contributed by atoms with E-state index in [1.807, 2.05) is 13.8 Å². The lowest BCUT2D eigenvalue weighted by Gasteiger charge is -2.38. The largest absolute Gasteiger partial charge is 0.413 e. The van der Waals surface area contributed by atoms with E-state index in [9.17, 15) is 13.2 Å². The minimum absolute atomic E-state index is 0.547. The highest BCUT2D eigenvalue weighted by Crippen LogP contribution is 2.24. The number of rotatable bonds is 7. The maximum atomic E-state index is 11.9. The van der Waals surface area contributed by atoms with Gasteiger partial charge in [0.25, 0.3) is 0 Å². The third-order valence-corrected chi connectivity index (χ3v) is 5.62. The Bertz CT molecular complexity index is 736. The van der Waals surface area contributed by atoms with Gasteiger partial charge in [0, 0.05) is 75.5 Å². The first-order valence-corrected chi connectivity index (χ1v) is 13.1. The van der Waals surface area contributed by atoms with Crippen LogP contribution in [-0.4, -0.2) is 92.2 Å². The van der Waals surface area contributed by atoms with E-state index >= 15 is 0 Å². The predicted molar refractivity (Wildman–Crippen MR) is 148 cm³/mol. The molecule has 2 fully saturated rings. The number of allylic oxidation sites excluding steroid dienone is 6. The summed E-state index contributed by atoms with van der Waals surface area (Å²) in [7, 11) is 0. The van der Waals surface area contributed by atoms with Gasteiger partial charge in [0.05, 0.1) is 13.2 Å². The molecule has 0 aromatic rings. The molecular weight excluding hydrogens is 465 g/mol. The molecule has 8 heteroatoms. The number of alkyl halides is 3. The molecule has 0 aliphatic carbocycles. The highest BCUT2D eigenvalue weighted by Gasteiger charge is 2.29. The number of halogens is 3. The van der Waals surface area contributed by atoms with Gasteiger partial charge in [-0.2, -0.15) is 13.2 Å². The van der Waals surface area contributed by atoms with E-state index < -0.39 is 11.7 Å². The predicted octanol–water partition coefficient (Wildman–Crippen LogP) is 6.32. The molecule has 0 N–H and O–H groups in total. The molecule has 2 aliphatic rings. The van der Waals surface area contributed by atoms with Gasteiger partial charge in [0.1, 0.15) is 0 Å². The number of hydrogen-bond donors (Lipinski definition) is 0. The third-order valence-electron chi connectivity index (χ3n) is 5.62. The number of hydrogen-bond acceptors (Lipinski definition) is 5. The summed E-state index contributed by atoms with van der Waals surface area (Å²) < 4.78 is 41.2. The molecule has 0 amide bonds. The quantitative estimate of drug-likeness (QED) is 0.294. The summed E-state index contributed by atoms with van der Waals surface area (Å²) in [4.78, 5) is 11.3.